The summed E-state index contributed by atoms with van der Waals surface area (Å²) < 4.78 is 13.2. The SMILES string of the molecule is CCNC(=O)[C@@H](C)N(Cc1ccc(F)cc1)C(=O)Cc1ccc(Cl)cc1Cl. The second-order valence-electron chi connectivity index (χ2n) is 6.13. The molecular weight excluding hydrogens is 390 g/mol. The summed E-state index contributed by atoms with van der Waals surface area (Å²) in [6, 6.07) is 10.1. The predicted octanol–water partition coefficient (Wildman–Crippen LogP) is 4.23. The van der Waals surface area contributed by atoms with Crippen molar-refractivity contribution in [1.82, 2.24) is 10.2 Å². The lowest BCUT2D eigenvalue weighted by Crippen LogP contribution is -2.48. The van der Waals surface area contributed by atoms with E-state index in [1.54, 1.807) is 37.3 Å². The molecule has 0 aromatic heterocycles. The fraction of sp³-hybridized carbons (Fsp3) is 0.300. The maximum Gasteiger partial charge on any atom is 0.242 e. The van der Waals surface area contributed by atoms with Crippen molar-refractivity contribution >= 4 is 35.0 Å². The molecule has 0 spiro atoms. The third-order valence-corrected chi connectivity index (χ3v) is 4.73. The molecule has 7 heteroatoms. The number of benzene rings is 2. The fourth-order valence-corrected chi connectivity index (χ4v) is 3.10. The first-order chi connectivity index (χ1) is 12.8. The van der Waals surface area contributed by atoms with Gasteiger partial charge in [0.15, 0.2) is 0 Å². The van der Waals surface area contributed by atoms with Crippen LogP contribution < -0.4 is 5.32 Å². The van der Waals surface area contributed by atoms with E-state index in [-0.39, 0.29) is 30.6 Å². The number of hydrogen-bond donors (Lipinski definition) is 1. The van der Waals surface area contributed by atoms with E-state index >= 15 is 0 Å². The molecule has 0 saturated heterocycles. The first kappa shape index (κ1) is 21.2. The van der Waals surface area contributed by atoms with Crippen LogP contribution in [0.4, 0.5) is 4.39 Å². The van der Waals surface area contributed by atoms with Gasteiger partial charge >= 0.3 is 0 Å². The molecule has 4 nitrogen and oxygen atoms in total. The first-order valence-corrected chi connectivity index (χ1v) is 9.33. The van der Waals surface area contributed by atoms with Gasteiger partial charge in [-0.3, -0.25) is 9.59 Å². The summed E-state index contributed by atoms with van der Waals surface area (Å²) in [5.74, 6) is -0.876. The molecule has 0 heterocycles. The van der Waals surface area contributed by atoms with Gasteiger partial charge in [0, 0.05) is 23.1 Å². The Balaban J connectivity index is 2.25. The maximum absolute atomic E-state index is 13.2. The highest BCUT2D eigenvalue weighted by Gasteiger charge is 2.26. The highest BCUT2D eigenvalue weighted by atomic mass is 35.5. The molecule has 1 N–H and O–H groups in total. The van der Waals surface area contributed by atoms with Crippen LogP contribution in [-0.2, 0) is 22.6 Å². The van der Waals surface area contributed by atoms with E-state index in [9.17, 15) is 14.0 Å². The van der Waals surface area contributed by atoms with Gasteiger partial charge in [-0.25, -0.2) is 4.39 Å². The van der Waals surface area contributed by atoms with Crippen LogP contribution in [0.25, 0.3) is 0 Å². The molecule has 0 saturated carbocycles. The Hall–Kier alpha value is -2.11. The third-order valence-electron chi connectivity index (χ3n) is 4.14. The van der Waals surface area contributed by atoms with Crippen molar-refractivity contribution in [3.63, 3.8) is 0 Å². The van der Waals surface area contributed by atoms with E-state index < -0.39 is 6.04 Å². The minimum Gasteiger partial charge on any atom is -0.355 e. The molecule has 0 unspecified atom stereocenters. The van der Waals surface area contributed by atoms with Gasteiger partial charge < -0.3 is 10.2 Å². The zero-order chi connectivity index (χ0) is 20.0. The quantitative estimate of drug-likeness (QED) is 0.742. The van der Waals surface area contributed by atoms with E-state index in [4.69, 9.17) is 23.2 Å². The monoisotopic (exact) mass is 410 g/mol. The standard InChI is InChI=1S/C20H21Cl2FN2O2/c1-3-24-20(27)13(2)25(12-14-4-8-17(23)9-5-14)19(26)10-15-6-7-16(21)11-18(15)22/h4-9,11,13H,3,10,12H2,1-2H3,(H,24,27)/t13-/m1/s1. The van der Waals surface area contributed by atoms with Crippen molar-refractivity contribution in [2.24, 2.45) is 0 Å². The molecule has 0 bridgehead atoms. The molecule has 2 rings (SSSR count). The van der Waals surface area contributed by atoms with Crippen LogP contribution in [0.1, 0.15) is 25.0 Å². The second-order valence-corrected chi connectivity index (χ2v) is 6.97. The van der Waals surface area contributed by atoms with Gasteiger partial charge in [0.2, 0.25) is 11.8 Å². The Kier molecular flexibility index (Phi) is 7.63. The van der Waals surface area contributed by atoms with Crippen LogP contribution in [0.5, 0.6) is 0 Å². The van der Waals surface area contributed by atoms with E-state index in [1.165, 1.54) is 17.0 Å². The van der Waals surface area contributed by atoms with Crippen LogP contribution in [0, 0.1) is 5.82 Å². The zero-order valence-electron chi connectivity index (χ0n) is 15.1. The summed E-state index contributed by atoms with van der Waals surface area (Å²) in [7, 11) is 0. The van der Waals surface area contributed by atoms with Crippen LogP contribution in [0.3, 0.4) is 0 Å². The molecule has 0 aliphatic heterocycles. The smallest absolute Gasteiger partial charge is 0.242 e. The summed E-state index contributed by atoms with van der Waals surface area (Å²) in [6.07, 6.45) is 0.0287. The topological polar surface area (TPSA) is 49.4 Å². The summed E-state index contributed by atoms with van der Waals surface area (Å²) in [6.45, 7) is 4.12. The molecule has 2 amide bonds. The summed E-state index contributed by atoms with van der Waals surface area (Å²) >= 11 is 12.1. The van der Waals surface area contributed by atoms with Crippen molar-refractivity contribution in [3.05, 3.63) is 69.5 Å². The molecule has 0 aliphatic carbocycles. The van der Waals surface area contributed by atoms with Gasteiger partial charge in [0.25, 0.3) is 0 Å². The van der Waals surface area contributed by atoms with Crippen LogP contribution in [0.15, 0.2) is 42.5 Å². The number of amides is 2. The summed E-state index contributed by atoms with van der Waals surface area (Å²) in [5, 5.41) is 3.60. The maximum atomic E-state index is 13.2. The number of hydrogen-bond acceptors (Lipinski definition) is 2. The van der Waals surface area contributed by atoms with Crippen molar-refractivity contribution in [2.75, 3.05) is 6.54 Å². The van der Waals surface area contributed by atoms with Gasteiger partial charge in [0.05, 0.1) is 6.42 Å². The molecule has 144 valence electrons. The highest BCUT2D eigenvalue weighted by molar-refractivity contribution is 6.35. The molecule has 2 aromatic carbocycles. The predicted molar refractivity (Wildman–Crippen MR) is 105 cm³/mol. The number of rotatable bonds is 7. The Bertz CT molecular complexity index is 812. The number of likely N-dealkylation sites (N-methyl/N-ethyl adjacent to an activating group) is 1. The Morgan fingerprint density at radius 2 is 1.81 bits per heavy atom. The lowest BCUT2D eigenvalue weighted by atomic mass is 10.1. The van der Waals surface area contributed by atoms with Gasteiger partial charge in [-0.05, 0) is 49.2 Å². The lowest BCUT2D eigenvalue weighted by molar-refractivity contribution is -0.140. The molecule has 0 radical (unpaired) electrons. The van der Waals surface area contributed by atoms with Crippen LogP contribution in [0.2, 0.25) is 10.0 Å². The average Bonchev–Trinajstić information content (AvgIpc) is 2.63. The first-order valence-electron chi connectivity index (χ1n) is 8.57. The number of nitrogens with one attached hydrogen (secondary N) is 1. The highest BCUT2D eigenvalue weighted by Crippen LogP contribution is 2.22. The summed E-state index contributed by atoms with van der Waals surface area (Å²) in [5.41, 5.74) is 1.35. The molecular formula is C20H21Cl2FN2O2. The third kappa shape index (κ3) is 5.94. The van der Waals surface area contributed by atoms with E-state index in [1.807, 2.05) is 6.92 Å². The normalized spacial score (nSPS) is 11.7. The van der Waals surface area contributed by atoms with Gasteiger partial charge in [-0.2, -0.15) is 0 Å². The number of carbonyl (C=O) groups is 2. The minimum atomic E-state index is -0.687. The number of halogens is 3. The molecule has 0 aliphatic rings. The number of nitrogens with zero attached hydrogens (tertiary/aromatic N) is 1. The minimum absolute atomic E-state index is 0.0287. The lowest BCUT2D eigenvalue weighted by Gasteiger charge is -2.29. The Morgan fingerprint density at radius 1 is 1.15 bits per heavy atom. The Morgan fingerprint density at radius 3 is 2.41 bits per heavy atom. The van der Waals surface area contributed by atoms with E-state index in [2.05, 4.69) is 5.32 Å². The van der Waals surface area contributed by atoms with Crippen LogP contribution in [-0.4, -0.2) is 29.3 Å². The van der Waals surface area contributed by atoms with Gasteiger partial charge in [-0.15, -0.1) is 0 Å². The fourth-order valence-electron chi connectivity index (χ4n) is 2.62. The molecule has 1 atom stereocenters. The zero-order valence-corrected chi connectivity index (χ0v) is 16.6. The van der Waals surface area contributed by atoms with E-state index in [0.29, 0.717) is 22.2 Å². The van der Waals surface area contributed by atoms with Gasteiger partial charge in [-0.1, -0.05) is 41.4 Å². The molecule has 0 fully saturated rings. The second kappa shape index (κ2) is 9.72. The van der Waals surface area contributed by atoms with Crippen molar-refractivity contribution in [3.8, 4) is 0 Å². The van der Waals surface area contributed by atoms with Crippen molar-refractivity contribution in [1.29, 1.82) is 0 Å². The largest absolute Gasteiger partial charge is 0.355 e. The van der Waals surface area contributed by atoms with Crippen molar-refractivity contribution in [2.45, 2.75) is 32.9 Å². The van der Waals surface area contributed by atoms with E-state index in [0.717, 1.165) is 5.56 Å². The van der Waals surface area contributed by atoms with Crippen molar-refractivity contribution < 1.29 is 14.0 Å². The Labute approximate surface area is 168 Å². The molecule has 27 heavy (non-hydrogen) atoms. The average molecular weight is 411 g/mol. The summed E-state index contributed by atoms with van der Waals surface area (Å²) in [4.78, 5) is 26.7. The number of carbonyl (C=O) groups excluding carboxylic acids is 2. The molecule has 2 aromatic rings. The van der Waals surface area contributed by atoms with Gasteiger partial charge in [0.1, 0.15) is 11.9 Å². The van der Waals surface area contributed by atoms with Crippen LogP contribution >= 0.6 is 23.2 Å².